The highest BCUT2D eigenvalue weighted by Crippen LogP contribution is 2.15. The Morgan fingerprint density at radius 2 is 1.86 bits per heavy atom. The molecule has 0 bridgehead atoms. The summed E-state index contributed by atoms with van der Waals surface area (Å²) in [6.07, 6.45) is 3.07. The number of benzene rings is 2. The summed E-state index contributed by atoms with van der Waals surface area (Å²) in [6.45, 7) is 0.286. The van der Waals surface area contributed by atoms with Gasteiger partial charge in [-0.05, 0) is 30.3 Å². The molecule has 0 saturated carbocycles. The van der Waals surface area contributed by atoms with Crippen molar-refractivity contribution in [3.05, 3.63) is 72.3 Å². The SMILES string of the molecule is Fc1ccc(CNc2ccc(-n3cncn3)cc2)c(F)c1. The number of halogens is 2. The van der Waals surface area contributed by atoms with Crippen LogP contribution in [0.4, 0.5) is 14.5 Å². The monoisotopic (exact) mass is 286 g/mol. The second-order valence-corrected chi connectivity index (χ2v) is 4.48. The highest BCUT2D eigenvalue weighted by Gasteiger charge is 2.04. The van der Waals surface area contributed by atoms with E-state index >= 15 is 0 Å². The molecule has 3 aromatic rings. The summed E-state index contributed by atoms with van der Waals surface area (Å²) in [4.78, 5) is 3.88. The van der Waals surface area contributed by atoms with Gasteiger partial charge in [-0.25, -0.2) is 18.4 Å². The molecule has 1 heterocycles. The molecular weight excluding hydrogens is 274 g/mol. The van der Waals surface area contributed by atoms with Crippen LogP contribution in [-0.4, -0.2) is 14.8 Å². The second kappa shape index (κ2) is 5.70. The van der Waals surface area contributed by atoms with E-state index in [0.29, 0.717) is 5.56 Å². The molecular formula is C15H12F2N4. The average Bonchev–Trinajstić information content (AvgIpc) is 3.01. The molecule has 0 aliphatic heterocycles. The maximum Gasteiger partial charge on any atom is 0.138 e. The minimum Gasteiger partial charge on any atom is -0.381 e. The van der Waals surface area contributed by atoms with Crippen LogP contribution in [-0.2, 0) is 6.54 Å². The van der Waals surface area contributed by atoms with E-state index in [1.54, 1.807) is 11.0 Å². The summed E-state index contributed by atoms with van der Waals surface area (Å²) in [5, 5.41) is 7.12. The molecule has 0 aliphatic rings. The molecule has 1 aromatic heterocycles. The first-order valence-corrected chi connectivity index (χ1v) is 6.35. The van der Waals surface area contributed by atoms with E-state index < -0.39 is 11.6 Å². The molecule has 0 unspecified atom stereocenters. The Bertz CT molecular complexity index is 724. The fourth-order valence-electron chi connectivity index (χ4n) is 1.94. The molecule has 6 heteroatoms. The molecule has 0 atom stereocenters. The largest absolute Gasteiger partial charge is 0.381 e. The number of nitrogens with zero attached hydrogens (tertiary/aromatic N) is 3. The average molecular weight is 286 g/mol. The Labute approximate surface area is 120 Å². The number of anilines is 1. The van der Waals surface area contributed by atoms with E-state index in [0.717, 1.165) is 17.4 Å². The normalized spacial score (nSPS) is 10.6. The van der Waals surface area contributed by atoms with Gasteiger partial charge in [-0.3, -0.25) is 0 Å². The molecule has 2 aromatic carbocycles. The minimum absolute atomic E-state index is 0.286. The highest BCUT2D eigenvalue weighted by atomic mass is 19.1. The summed E-state index contributed by atoms with van der Waals surface area (Å²) in [5.41, 5.74) is 2.13. The van der Waals surface area contributed by atoms with Crippen LogP contribution in [0.3, 0.4) is 0 Å². The van der Waals surface area contributed by atoms with Crippen LogP contribution in [0.15, 0.2) is 55.1 Å². The Morgan fingerprint density at radius 1 is 1.05 bits per heavy atom. The first kappa shape index (κ1) is 13.2. The van der Waals surface area contributed by atoms with Crippen LogP contribution >= 0.6 is 0 Å². The first-order valence-electron chi connectivity index (χ1n) is 6.35. The summed E-state index contributed by atoms with van der Waals surface area (Å²) < 4.78 is 28.0. The Kier molecular flexibility index (Phi) is 3.59. The Balaban J connectivity index is 1.68. The van der Waals surface area contributed by atoms with Crippen molar-refractivity contribution in [3.63, 3.8) is 0 Å². The van der Waals surface area contributed by atoms with Gasteiger partial charge in [0.15, 0.2) is 0 Å². The lowest BCUT2D eigenvalue weighted by molar-refractivity contribution is 0.574. The van der Waals surface area contributed by atoms with Crippen molar-refractivity contribution in [2.45, 2.75) is 6.54 Å². The van der Waals surface area contributed by atoms with E-state index in [9.17, 15) is 8.78 Å². The third-order valence-corrected chi connectivity index (χ3v) is 3.05. The van der Waals surface area contributed by atoms with E-state index in [1.165, 1.54) is 18.5 Å². The molecule has 0 aliphatic carbocycles. The van der Waals surface area contributed by atoms with Gasteiger partial charge in [0.25, 0.3) is 0 Å². The van der Waals surface area contributed by atoms with Crippen molar-refractivity contribution in [1.29, 1.82) is 0 Å². The van der Waals surface area contributed by atoms with E-state index in [-0.39, 0.29) is 6.54 Å². The Morgan fingerprint density at radius 3 is 2.52 bits per heavy atom. The number of hydrogen-bond acceptors (Lipinski definition) is 3. The van der Waals surface area contributed by atoms with Crippen molar-refractivity contribution in [3.8, 4) is 5.69 Å². The number of rotatable bonds is 4. The summed E-state index contributed by atoms with van der Waals surface area (Å²) >= 11 is 0. The van der Waals surface area contributed by atoms with Crippen molar-refractivity contribution in [2.24, 2.45) is 0 Å². The molecule has 106 valence electrons. The zero-order chi connectivity index (χ0) is 14.7. The minimum atomic E-state index is -0.576. The van der Waals surface area contributed by atoms with Gasteiger partial charge < -0.3 is 5.32 Å². The topological polar surface area (TPSA) is 42.7 Å². The van der Waals surface area contributed by atoms with Gasteiger partial charge >= 0.3 is 0 Å². The molecule has 0 radical (unpaired) electrons. The molecule has 4 nitrogen and oxygen atoms in total. The smallest absolute Gasteiger partial charge is 0.138 e. The van der Waals surface area contributed by atoms with Gasteiger partial charge in [-0.1, -0.05) is 6.07 Å². The molecule has 0 fully saturated rings. The molecule has 0 amide bonds. The molecule has 0 spiro atoms. The standard InChI is InChI=1S/C15H12F2N4/c16-12-2-1-11(15(17)7-12)8-19-13-3-5-14(6-4-13)21-10-18-9-20-21/h1-7,9-10,19H,8H2. The van der Waals surface area contributed by atoms with Crippen molar-refractivity contribution >= 4 is 5.69 Å². The summed E-state index contributed by atoms with van der Waals surface area (Å²) in [5.74, 6) is -1.13. The summed E-state index contributed by atoms with van der Waals surface area (Å²) in [7, 11) is 0. The van der Waals surface area contributed by atoms with Gasteiger partial charge in [-0.15, -0.1) is 0 Å². The lowest BCUT2D eigenvalue weighted by atomic mass is 10.2. The van der Waals surface area contributed by atoms with Gasteiger partial charge in [0.1, 0.15) is 24.3 Å². The predicted molar refractivity (Wildman–Crippen MR) is 75.0 cm³/mol. The molecule has 3 rings (SSSR count). The van der Waals surface area contributed by atoms with Crippen LogP contribution in [0.1, 0.15) is 5.56 Å². The van der Waals surface area contributed by atoms with Crippen LogP contribution < -0.4 is 5.32 Å². The Hall–Kier alpha value is -2.76. The van der Waals surface area contributed by atoms with Gasteiger partial charge in [0.2, 0.25) is 0 Å². The highest BCUT2D eigenvalue weighted by molar-refractivity contribution is 5.48. The fraction of sp³-hybridized carbons (Fsp3) is 0.0667. The predicted octanol–water partition coefficient (Wildman–Crippen LogP) is 3.16. The molecule has 0 saturated heterocycles. The van der Waals surface area contributed by atoms with Crippen LogP contribution in [0.5, 0.6) is 0 Å². The summed E-state index contributed by atoms with van der Waals surface area (Å²) in [6, 6.07) is 11.0. The van der Waals surface area contributed by atoms with Crippen LogP contribution in [0.2, 0.25) is 0 Å². The van der Waals surface area contributed by atoms with Crippen LogP contribution in [0.25, 0.3) is 5.69 Å². The number of nitrogens with one attached hydrogen (secondary N) is 1. The molecule has 1 N–H and O–H groups in total. The third-order valence-electron chi connectivity index (χ3n) is 3.05. The van der Waals surface area contributed by atoms with E-state index in [1.807, 2.05) is 24.3 Å². The van der Waals surface area contributed by atoms with E-state index in [4.69, 9.17) is 0 Å². The van der Waals surface area contributed by atoms with Gasteiger partial charge in [0, 0.05) is 23.9 Å². The third kappa shape index (κ3) is 3.05. The van der Waals surface area contributed by atoms with Crippen LogP contribution in [0, 0.1) is 11.6 Å². The lowest BCUT2D eigenvalue weighted by Crippen LogP contribution is -2.02. The quantitative estimate of drug-likeness (QED) is 0.801. The van der Waals surface area contributed by atoms with E-state index in [2.05, 4.69) is 15.4 Å². The number of aromatic nitrogens is 3. The molecule has 21 heavy (non-hydrogen) atoms. The van der Waals surface area contributed by atoms with Crippen molar-refractivity contribution in [1.82, 2.24) is 14.8 Å². The lowest BCUT2D eigenvalue weighted by Gasteiger charge is -2.08. The van der Waals surface area contributed by atoms with Gasteiger partial charge in [-0.2, -0.15) is 5.10 Å². The maximum absolute atomic E-state index is 13.5. The second-order valence-electron chi connectivity index (χ2n) is 4.48. The zero-order valence-electron chi connectivity index (χ0n) is 11.0. The zero-order valence-corrected chi connectivity index (χ0v) is 11.0. The first-order chi connectivity index (χ1) is 10.2. The van der Waals surface area contributed by atoms with Gasteiger partial charge in [0.05, 0.1) is 5.69 Å². The van der Waals surface area contributed by atoms with Crippen molar-refractivity contribution < 1.29 is 8.78 Å². The maximum atomic E-state index is 13.5. The van der Waals surface area contributed by atoms with Crippen molar-refractivity contribution in [2.75, 3.05) is 5.32 Å². The number of hydrogen-bond donors (Lipinski definition) is 1. The fourth-order valence-corrected chi connectivity index (χ4v) is 1.94.